The second kappa shape index (κ2) is 11.2. The van der Waals surface area contributed by atoms with Crippen LogP contribution in [0.4, 0.5) is 5.69 Å². The van der Waals surface area contributed by atoms with Crippen LogP contribution in [-0.4, -0.2) is 28.6 Å². The molecule has 1 aromatic heterocycles. The van der Waals surface area contributed by atoms with E-state index in [1.54, 1.807) is 49.4 Å². The number of carbonyl (C=O) groups excluding carboxylic acids is 2. The molecule has 3 aromatic carbocycles. The maximum atomic E-state index is 12.6. The van der Waals surface area contributed by atoms with E-state index >= 15 is 0 Å². The second-order valence-corrected chi connectivity index (χ2v) is 8.10. The van der Waals surface area contributed by atoms with E-state index in [0.717, 1.165) is 5.75 Å². The van der Waals surface area contributed by atoms with Crippen molar-refractivity contribution < 1.29 is 23.6 Å². The molecular weight excluding hydrogens is 454 g/mol. The summed E-state index contributed by atoms with van der Waals surface area (Å²) in [4.78, 5) is 29.7. The van der Waals surface area contributed by atoms with Crippen molar-refractivity contribution in [3.63, 3.8) is 0 Å². The highest BCUT2D eigenvalue weighted by Gasteiger charge is 2.16. The normalized spacial score (nSPS) is 10.5. The van der Waals surface area contributed by atoms with Gasteiger partial charge in [0.15, 0.2) is 12.4 Å². The summed E-state index contributed by atoms with van der Waals surface area (Å²) >= 11 is 1.37. The van der Waals surface area contributed by atoms with Crippen LogP contribution in [0.1, 0.15) is 22.1 Å². The molecule has 0 aliphatic rings. The van der Waals surface area contributed by atoms with Gasteiger partial charge in [0.05, 0.1) is 11.3 Å². The van der Waals surface area contributed by atoms with E-state index in [-0.39, 0.29) is 0 Å². The fraction of sp³-hybridized carbons (Fsp3) is 0.120. The molecule has 0 aliphatic heterocycles. The third kappa shape index (κ3) is 6.46. The number of nitrogens with zero attached hydrogens (tertiary/aromatic N) is 2. The number of carbonyl (C=O) groups is 2. The number of benzene rings is 3. The van der Waals surface area contributed by atoms with Gasteiger partial charge >= 0.3 is 5.97 Å². The zero-order valence-corrected chi connectivity index (χ0v) is 19.1. The molecule has 0 saturated heterocycles. The van der Waals surface area contributed by atoms with E-state index in [4.69, 9.17) is 14.0 Å². The molecule has 4 aromatic rings. The Morgan fingerprint density at radius 3 is 2.38 bits per heavy atom. The van der Waals surface area contributed by atoms with Gasteiger partial charge in [-0.25, -0.2) is 4.79 Å². The minimum absolute atomic E-state index is 0.360. The molecule has 4 rings (SSSR count). The molecule has 1 N–H and O–H groups in total. The van der Waals surface area contributed by atoms with Crippen LogP contribution in [0.3, 0.4) is 0 Å². The van der Waals surface area contributed by atoms with Crippen molar-refractivity contribution in [1.82, 2.24) is 10.1 Å². The first kappa shape index (κ1) is 23.1. The maximum absolute atomic E-state index is 12.6. The van der Waals surface area contributed by atoms with E-state index < -0.39 is 18.5 Å². The van der Waals surface area contributed by atoms with E-state index in [1.807, 2.05) is 36.4 Å². The Morgan fingerprint density at radius 2 is 1.65 bits per heavy atom. The van der Waals surface area contributed by atoms with Gasteiger partial charge in [-0.1, -0.05) is 35.5 Å². The molecule has 0 radical (unpaired) electrons. The van der Waals surface area contributed by atoms with Crippen molar-refractivity contribution in [2.24, 2.45) is 0 Å². The third-order valence-electron chi connectivity index (χ3n) is 4.48. The van der Waals surface area contributed by atoms with Crippen LogP contribution >= 0.6 is 11.8 Å². The summed E-state index contributed by atoms with van der Waals surface area (Å²) in [6, 6.07) is 23.3. The van der Waals surface area contributed by atoms with Gasteiger partial charge in [0.25, 0.3) is 5.91 Å². The van der Waals surface area contributed by atoms with Crippen LogP contribution < -0.4 is 10.1 Å². The van der Waals surface area contributed by atoms with Crippen LogP contribution in [0.2, 0.25) is 0 Å². The minimum Gasteiger partial charge on any atom is -0.457 e. The summed E-state index contributed by atoms with van der Waals surface area (Å²) in [5.41, 5.74) is 0.922. The number of hydrogen-bond donors (Lipinski definition) is 1. The van der Waals surface area contributed by atoms with Gasteiger partial charge in [0.2, 0.25) is 5.89 Å². The molecule has 0 aliphatic carbocycles. The lowest BCUT2D eigenvalue weighted by molar-refractivity contribution is -0.119. The van der Waals surface area contributed by atoms with Crippen molar-refractivity contribution in [2.75, 3.05) is 11.9 Å². The van der Waals surface area contributed by atoms with Gasteiger partial charge in [-0.15, -0.1) is 11.8 Å². The summed E-state index contributed by atoms with van der Waals surface area (Å²) < 4.78 is 16.1. The van der Waals surface area contributed by atoms with Crippen molar-refractivity contribution in [1.29, 1.82) is 0 Å². The van der Waals surface area contributed by atoms with Gasteiger partial charge in [0.1, 0.15) is 11.5 Å². The molecule has 0 unspecified atom stereocenters. The van der Waals surface area contributed by atoms with Crippen molar-refractivity contribution in [2.45, 2.75) is 17.6 Å². The fourth-order valence-electron chi connectivity index (χ4n) is 2.94. The number of para-hydroxylation sites is 1. The summed E-state index contributed by atoms with van der Waals surface area (Å²) in [5.74, 6) is 1.74. The first-order chi connectivity index (χ1) is 16.6. The Bertz CT molecular complexity index is 1260. The standard InChI is InChI=1S/C25H21N3O5S/c1-17-26-24(33-28-17)16-34-22-10-6-5-9-21(22)25(30)31-15-23(29)27-18-11-13-20(14-12-18)32-19-7-3-2-4-8-19/h2-14H,15-16H2,1H3,(H,27,29). The topological polar surface area (TPSA) is 104 Å². The number of rotatable bonds is 9. The number of amides is 1. The lowest BCUT2D eigenvalue weighted by Crippen LogP contribution is -2.21. The molecule has 0 spiro atoms. The highest BCUT2D eigenvalue weighted by molar-refractivity contribution is 7.98. The zero-order chi connectivity index (χ0) is 23.8. The minimum atomic E-state index is -0.591. The molecule has 0 atom stereocenters. The average Bonchev–Trinajstić information content (AvgIpc) is 3.28. The molecule has 0 bridgehead atoms. The van der Waals surface area contributed by atoms with Crippen LogP contribution in [0, 0.1) is 6.92 Å². The van der Waals surface area contributed by atoms with Crippen LogP contribution in [0.15, 0.2) is 88.3 Å². The lowest BCUT2D eigenvalue weighted by Gasteiger charge is -2.10. The summed E-state index contributed by atoms with van der Waals surface area (Å²) in [6.45, 7) is 1.32. The molecule has 1 heterocycles. The Labute approximate surface area is 200 Å². The first-order valence-electron chi connectivity index (χ1n) is 10.4. The number of esters is 1. The molecular formula is C25H21N3O5S. The Kier molecular flexibility index (Phi) is 7.56. The van der Waals surface area contributed by atoms with Crippen molar-refractivity contribution >= 4 is 29.3 Å². The number of hydrogen-bond acceptors (Lipinski definition) is 8. The monoisotopic (exact) mass is 475 g/mol. The molecule has 172 valence electrons. The van der Waals surface area contributed by atoms with Gasteiger partial charge in [0, 0.05) is 10.6 Å². The van der Waals surface area contributed by atoms with Gasteiger partial charge in [-0.3, -0.25) is 4.79 Å². The van der Waals surface area contributed by atoms with E-state index in [1.165, 1.54) is 11.8 Å². The fourth-order valence-corrected chi connectivity index (χ4v) is 3.81. The lowest BCUT2D eigenvalue weighted by atomic mass is 10.2. The maximum Gasteiger partial charge on any atom is 0.339 e. The average molecular weight is 476 g/mol. The van der Waals surface area contributed by atoms with Gasteiger partial charge < -0.3 is 19.3 Å². The van der Waals surface area contributed by atoms with Gasteiger partial charge in [-0.2, -0.15) is 4.98 Å². The molecule has 0 saturated carbocycles. The highest BCUT2D eigenvalue weighted by atomic mass is 32.2. The Hall–Kier alpha value is -4.11. The smallest absolute Gasteiger partial charge is 0.339 e. The summed E-state index contributed by atoms with van der Waals surface area (Å²) in [7, 11) is 0. The van der Waals surface area contributed by atoms with Crippen molar-refractivity contribution in [3.8, 4) is 11.5 Å². The number of aromatic nitrogens is 2. The predicted octanol–water partition coefficient (Wildman–Crippen LogP) is 5.26. The molecule has 9 heteroatoms. The number of ether oxygens (including phenoxy) is 2. The number of anilines is 1. The van der Waals surface area contributed by atoms with E-state index in [9.17, 15) is 9.59 Å². The first-order valence-corrected chi connectivity index (χ1v) is 11.4. The largest absolute Gasteiger partial charge is 0.457 e. The number of aryl methyl sites for hydroxylation is 1. The molecule has 1 amide bonds. The quantitative estimate of drug-likeness (QED) is 0.258. The zero-order valence-electron chi connectivity index (χ0n) is 18.3. The SMILES string of the molecule is Cc1noc(CSc2ccccc2C(=O)OCC(=O)Nc2ccc(Oc3ccccc3)cc2)n1. The van der Waals surface area contributed by atoms with Crippen molar-refractivity contribution in [3.05, 3.63) is 96.1 Å². The molecule has 8 nitrogen and oxygen atoms in total. The Balaban J connectivity index is 1.28. The van der Waals surface area contributed by atoms with E-state index in [2.05, 4.69) is 15.5 Å². The third-order valence-corrected chi connectivity index (χ3v) is 5.54. The Morgan fingerprint density at radius 1 is 0.941 bits per heavy atom. The highest BCUT2D eigenvalue weighted by Crippen LogP contribution is 2.26. The predicted molar refractivity (Wildman–Crippen MR) is 127 cm³/mol. The summed E-state index contributed by atoms with van der Waals surface area (Å²) in [5, 5.41) is 6.45. The van der Waals surface area contributed by atoms with Crippen LogP contribution in [0.25, 0.3) is 0 Å². The number of thioether (sulfide) groups is 1. The van der Waals surface area contributed by atoms with Gasteiger partial charge in [-0.05, 0) is 55.5 Å². The molecule has 34 heavy (non-hydrogen) atoms. The second-order valence-electron chi connectivity index (χ2n) is 7.08. The van der Waals surface area contributed by atoms with Crippen LogP contribution in [0.5, 0.6) is 11.5 Å². The van der Waals surface area contributed by atoms with Crippen LogP contribution in [-0.2, 0) is 15.3 Å². The van der Waals surface area contributed by atoms with E-state index in [0.29, 0.717) is 39.4 Å². The molecule has 0 fully saturated rings. The number of nitrogens with one attached hydrogen (secondary N) is 1. The summed E-state index contributed by atoms with van der Waals surface area (Å²) in [6.07, 6.45) is 0.